The number of halogens is 1. The fraction of sp³-hybridized carbons (Fsp3) is 0.316. The predicted molar refractivity (Wildman–Crippen MR) is 92.2 cm³/mol. The van der Waals surface area contributed by atoms with Gasteiger partial charge in [0.2, 0.25) is 5.91 Å². The number of rotatable bonds is 5. The van der Waals surface area contributed by atoms with E-state index >= 15 is 0 Å². The van der Waals surface area contributed by atoms with Gasteiger partial charge in [0.15, 0.2) is 0 Å². The molecule has 1 atom stereocenters. The summed E-state index contributed by atoms with van der Waals surface area (Å²) >= 11 is 5.86. The van der Waals surface area contributed by atoms with Gasteiger partial charge in [-0.2, -0.15) is 0 Å². The first kappa shape index (κ1) is 16.6. The molecule has 1 amide bonds. The molecule has 0 spiro atoms. The summed E-state index contributed by atoms with van der Waals surface area (Å²) in [6.45, 7) is 6.28. The lowest BCUT2D eigenvalue weighted by Crippen LogP contribution is -2.29. The smallest absolute Gasteiger partial charge is 0.224 e. The Labute approximate surface area is 137 Å². The monoisotopic (exact) mass is 315 g/mol. The lowest BCUT2D eigenvalue weighted by molar-refractivity contribution is -0.121. The van der Waals surface area contributed by atoms with E-state index in [4.69, 9.17) is 11.6 Å². The molecule has 2 rings (SSSR count). The maximum absolute atomic E-state index is 12.2. The Morgan fingerprint density at radius 1 is 1.09 bits per heavy atom. The molecule has 0 saturated carbocycles. The molecule has 0 aliphatic carbocycles. The zero-order valence-corrected chi connectivity index (χ0v) is 14.1. The van der Waals surface area contributed by atoms with Gasteiger partial charge in [-0.25, -0.2) is 0 Å². The van der Waals surface area contributed by atoms with Gasteiger partial charge < -0.3 is 5.32 Å². The van der Waals surface area contributed by atoms with Crippen molar-refractivity contribution in [1.82, 2.24) is 5.32 Å². The second kappa shape index (κ2) is 7.46. The van der Waals surface area contributed by atoms with Crippen molar-refractivity contribution >= 4 is 17.5 Å². The van der Waals surface area contributed by atoms with Crippen molar-refractivity contribution in [2.24, 2.45) is 0 Å². The number of carbonyl (C=O) groups is 1. The summed E-state index contributed by atoms with van der Waals surface area (Å²) in [5.41, 5.74) is 4.65. The highest BCUT2D eigenvalue weighted by Crippen LogP contribution is 2.20. The van der Waals surface area contributed by atoms with Crippen LogP contribution in [0, 0.1) is 13.8 Å². The summed E-state index contributed by atoms with van der Waals surface area (Å²) in [6.07, 6.45) is 1.24. The maximum Gasteiger partial charge on any atom is 0.224 e. The summed E-state index contributed by atoms with van der Waals surface area (Å²) in [5.74, 6) is 0.0346. The molecule has 1 N–H and O–H groups in total. The minimum absolute atomic E-state index is 0.0346. The summed E-state index contributed by atoms with van der Waals surface area (Å²) in [5, 5.41) is 3.81. The van der Waals surface area contributed by atoms with Gasteiger partial charge >= 0.3 is 0 Å². The van der Waals surface area contributed by atoms with Gasteiger partial charge in [-0.3, -0.25) is 4.79 Å². The fourth-order valence-electron chi connectivity index (χ4n) is 2.44. The first-order valence-electron chi connectivity index (χ1n) is 7.60. The number of carbonyl (C=O) groups excluding carboxylic acids is 1. The molecule has 2 nitrogen and oxygen atoms in total. The Morgan fingerprint density at radius 2 is 1.77 bits per heavy atom. The van der Waals surface area contributed by atoms with E-state index in [1.807, 2.05) is 24.3 Å². The van der Waals surface area contributed by atoms with Crippen molar-refractivity contribution in [3.05, 3.63) is 69.7 Å². The highest BCUT2D eigenvalue weighted by molar-refractivity contribution is 6.30. The highest BCUT2D eigenvalue weighted by Gasteiger charge is 2.13. The number of hydrogen-bond donors (Lipinski definition) is 1. The average molecular weight is 316 g/mol. The number of aryl methyl sites for hydroxylation is 2. The van der Waals surface area contributed by atoms with E-state index < -0.39 is 0 Å². The summed E-state index contributed by atoms with van der Waals surface area (Å²) in [7, 11) is 0. The van der Waals surface area contributed by atoms with Gasteiger partial charge in [0.25, 0.3) is 0 Å². The molecule has 22 heavy (non-hydrogen) atoms. The van der Waals surface area contributed by atoms with Crippen molar-refractivity contribution in [2.75, 3.05) is 0 Å². The van der Waals surface area contributed by atoms with Crippen molar-refractivity contribution in [2.45, 2.75) is 39.7 Å². The standard InChI is InChI=1S/C19H22ClNO/c1-4-18(16-8-5-13(2)14(3)11-16)21-19(22)12-15-6-9-17(20)10-7-15/h5-11,18H,4,12H2,1-3H3,(H,21,22)/t18-/m0/s1. The quantitative estimate of drug-likeness (QED) is 0.846. The van der Waals surface area contributed by atoms with Crippen LogP contribution in [0.3, 0.4) is 0 Å². The van der Waals surface area contributed by atoms with Crippen molar-refractivity contribution in [3.8, 4) is 0 Å². The third-order valence-corrected chi connectivity index (χ3v) is 4.21. The second-order valence-electron chi connectivity index (χ2n) is 5.68. The van der Waals surface area contributed by atoms with Crippen LogP contribution in [-0.2, 0) is 11.2 Å². The van der Waals surface area contributed by atoms with Gasteiger partial charge in [0.1, 0.15) is 0 Å². The van der Waals surface area contributed by atoms with Crippen LogP contribution in [0.2, 0.25) is 5.02 Å². The zero-order chi connectivity index (χ0) is 16.1. The molecule has 0 radical (unpaired) electrons. The molecule has 3 heteroatoms. The van der Waals surface area contributed by atoms with E-state index in [-0.39, 0.29) is 11.9 Å². The van der Waals surface area contributed by atoms with E-state index in [1.165, 1.54) is 11.1 Å². The molecule has 0 bridgehead atoms. The molecule has 2 aromatic rings. The van der Waals surface area contributed by atoms with Gasteiger partial charge in [0, 0.05) is 5.02 Å². The van der Waals surface area contributed by atoms with Crippen LogP contribution < -0.4 is 5.32 Å². The molecule has 0 saturated heterocycles. The number of amides is 1. The lowest BCUT2D eigenvalue weighted by Gasteiger charge is -2.18. The number of nitrogens with one attached hydrogen (secondary N) is 1. The van der Waals surface area contributed by atoms with E-state index in [1.54, 1.807) is 0 Å². The Morgan fingerprint density at radius 3 is 2.36 bits per heavy atom. The minimum atomic E-state index is 0.0346. The van der Waals surface area contributed by atoms with Crippen LogP contribution in [-0.4, -0.2) is 5.91 Å². The maximum atomic E-state index is 12.2. The highest BCUT2D eigenvalue weighted by atomic mass is 35.5. The van der Waals surface area contributed by atoms with Crippen LogP contribution >= 0.6 is 11.6 Å². The molecule has 0 unspecified atom stereocenters. The fourth-order valence-corrected chi connectivity index (χ4v) is 2.56. The first-order valence-corrected chi connectivity index (χ1v) is 7.98. The Kier molecular flexibility index (Phi) is 5.62. The molecular weight excluding hydrogens is 294 g/mol. The van der Waals surface area contributed by atoms with E-state index in [9.17, 15) is 4.79 Å². The van der Waals surface area contributed by atoms with Crippen LogP contribution in [0.5, 0.6) is 0 Å². The molecule has 0 fully saturated rings. The van der Waals surface area contributed by atoms with Crippen molar-refractivity contribution in [3.63, 3.8) is 0 Å². The van der Waals surface area contributed by atoms with Crippen molar-refractivity contribution in [1.29, 1.82) is 0 Å². The van der Waals surface area contributed by atoms with Gasteiger partial charge in [0.05, 0.1) is 12.5 Å². The van der Waals surface area contributed by atoms with Gasteiger partial charge in [-0.1, -0.05) is 48.9 Å². The zero-order valence-electron chi connectivity index (χ0n) is 13.3. The van der Waals surface area contributed by atoms with Crippen LogP contribution in [0.1, 0.15) is 41.6 Å². The van der Waals surface area contributed by atoms with E-state index in [2.05, 4.69) is 44.3 Å². The van der Waals surface area contributed by atoms with E-state index in [0.717, 1.165) is 17.5 Å². The summed E-state index contributed by atoms with van der Waals surface area (Å²) < 4.78 is 0. The predicted octanol–water partition coefficient (Wildman–Crippen LogP) is 4.77. The second-order valence-corrected chi connectivity index (χ2v) is 6.11. The molecule has 0 aliphatic rings. The third kappa shape index (κ3) is 4.35. The topological polar surface area (TPSA) is 29.1 Å². The normalized spacial score (nSPS) is 12.0. The lowest BCUT2D eigenvalue weighted by atomic mass is 9.99. The number of hydrogen-bond acceptors (Lipinski definition) is 1. The molecule has 0 aliphatic heterocycles. The Balaban J connectivity index is 2.04. The minimum Gasteiger partial charge on any atom is -0.349 e. The average Bonchev–Trinajstić information content (AvgIpc) is 2.50. The summed E-state index contributed by atoms with van der Waals surface area (Å²) in [4.78, 5) is 12.2. The van der Waals surface area contributed by atoms with Crippen LogP contribution in [0.15, 0.2) is 42.5 Å². The van der Waals surface area contributed by atoms with Crippen LogP contribution in [0.4, 0.5) is 0 Å². The Bertz CT molecular complexity index is 649. The largest absolute Gasteiger partial charge is 0.349 e. The van der Waals surface area contributed by atoms with Crippen molar-refractivity contribution < 1.29 is 4.79 Å². The first-order chi connectivity index (χ1) is 10.5. The molecule has 2 aromatic carbocycles. The molecule has 116 valence electrons. The third-order valence-electron chi connectivity index (χ3n) is 3.95. The Hall–Kier alpha value is -1.80. The van der Waals surface area contributed by atoms with E-state index in [0.29, 0.717) is 11.4 Å². The summed E-state index contributed by atoms with van der Waals surface area (Å²) in [6, 6.07) is 13.8. The molecule has 0 heterocycles. The van der Waals surface area contributed by atoms with Gasteiger partial charge in [-0.15, -0.1) is 0 Å². The van der Waals surface area contributed by atoms with Gasteiger partial charge in [-0.05, 0) is 54.7 Å². The molecule has 0 aromatic heterocycles. The SMILES string of the molecule is CC[C@H](NC(=O)Cc1ccc(Cl)cc1)c1ccc(C)c(C)c1. The van der Waals surface area contributed by atoms with Crippen LogP contribution in [0.25, 0.3) is 0 Å². The molecular formula is C19H22ClNO. The number of benzene rings is 2.